The number of nitro groups is 1. The van der Waals surface area contributed by atoms with E-state index < -0.39 is 4.92 Å². The lowest BCUT2D eigenvalue weighted by atomic mass is 10.1. The van der Waals surface area contributed by atoms with Gasteiger partial charge in [-0.1, -0.05) is 12.1 Å². The number of carbonyl (C=O) groups excluding carboxylic acids is 2. The zero-order valence-corrected chi connectivity index (χ0v) is 10.6. The van der Waals surface area contributed by atoms with Crippen molar-refractivity contribution in [3.8, 4) is 0 Å². The zero-order valence-electron chi connectivity index (χ0n) is 10.6. The largest absolute Gasteiger partial charge is 0.353 e. The van der Waals surface area contributed by atoms with Crippen LogP contribution in [0.4, 0.5) is 5.69 Å². The lowest BCUT2D eigenvalue weighted by Gasteiger charge is -2.25. The number of hydrogen-bond donors (Lipinski definition) is 1. The number of amides is 2. The molecular formula is C13H13N3O4. The second-order valence-corrected chi connectivity index (χ2v) is 4.26. The van der Waals surface area contributed by atoms with E-state index in [2.05, 4.69) is 5.32 Å². The number of nitrogens with one attached hydrogen (secondary N) is 1. The van der Waals surface area contributed by atoms with Crippen molar-refractivity contribution >= 4 is 23.6 Å². The summed E-state index contributed by atoms with van der Waals surface area (Å²) >= 11 is 0. The molecule has 1 saturated heterocycles. The Morgan fingerprint density at radius 3 is 2.85 bits per heavy atom. The second-order valence-electron chi connectivity index (χ2n) is 4.26. The quantitative estimate of drug-likeness (QED) is 0.495. The Hall–Kier alpha value is -2.70. The summed E-state index contributed by atoms with van der Waals surface area (Å²) in [5.74, 6) is -0.540. The lowest BCUT2D eigenvalue weighted by molar-refractivity contribution is -0.385. The fourth-order valence-electron chi connectivity index (χ4n) is 1.89. The van der Waals surface area contributed by atoms with Gasteiger partial charge in [0, 0.05) is 25.2 Å². The van der Waals surface area contributed by atoms with Gasteiger partial charge in [0.25, 0.3) is 5.69 Å². The predicted octanol–water partition coefficient (Wildman–Crippen LogP) is 0.566. The molecule has 1 aromatic rings. The van der Waals surface area contributed by atoms with Crippen LogP contribution in [-0.4, -0.2) is 41.3 Å². The van der Waals surface area contributed by atoms with E-state index >= 15 is 0 Å². The molecule has 0 aliphatic carbocycles. The number of hydrogen-bond acceptors (Lipinski definition) is 4. The van der Waals surface area contributed by atoms with E-state index in [-0.39, 0.29) is 24.0 Å². The van der Waals surface area contributed by atoms with Crippen LogP contribution >= 0.6 is 0 Å². The average molecular weight is 275 g/mol. The topological polar surface area (TPSA) is 92.5 Å². The summed E-state index contributed by atoms with van der Waals surface area (Å²) in [7, 11) is 0. The van der Waals surface area contributed by atoms with Crippen molar-refractivity contribution in [3.05, 3.63) is 46.0 Å². The molecule has 104 valence electrons. The molecule has 1 heterocycles. The van der Waals surface area contributed by atoms with Gasteiger partial charge in [-0.05, 0) is 12.1 Å². The van der Waals surface area contributed by atoms with Crippen molar-refractivity contribution in [2.24, 2.45) is 0 Å². The third-order valence-corrected chi connectivity index (χ3v) is 2.89. The third kappa shape index (κ3) is 3.19. The summed E-state index contributed by atoms with van der Waals surface area (Å²) < 4.78 is 0. The van der Waals surface area contributed by atoms with Crippen LogP contribution in [0.1, 0.15) is 5.56 Å². The molecule has 0 bridgehead atoms. The van der Waals surface area contributed by atoms with Gasteiger partial charge in [0.1, 0.15) is 0 Å². The monoisotopic (exact) mass is 275 g/mol. The van der Waals surface area contributed by atoms with Crippen LogP contribution in [0.3, 0.4) is 0 Å². The van der Waals surface area contributed by atoms with Crippen molar-refractivity contribution in [1.29, 1.82) is 0 Å². The Labute approximate surface area is 115 Å². The fraction of sp³-hybridized carbons (Fsp3) is 0.231. The van der Waals surface area contributed by atoms with Crippen molar-refractivity contribution in [2.45, 2.75) is 0 Å². The third-order valence-electron chi connectivity index (χ3n) is 2.89. The molecule has 1 aliphatic heterocycles. The summed E-state index contributed by atoms with van der Waals surface area (Å²) in [6, 6.07) is 6.15. The van der Waals surface area contributed by atoms with E-state index in [4.69, 9.17) is 0 Å². The van der Waals surface area contributed by atoms with E-state index in [9.17, 15) is 19.7 Å². The van der Waals surface area contributed by atoms with Crippen molar-refractivity contribution in [3.63, 3.8) is 0 Å². The van der Waals surface area contributed by atoms with Gasteiger partial charge >= 0.3 is 0 Å². The van der Waals surface area contributed by atoms with Crippen LogP contribution in [0.15, 0.2) is 30.3 Å². The Balaban J connectivity index is 2.11. The molecule has 1 fully saturated rings. The fourth-order valence-corrected chi connectivity index (χ4v) is 1.89. The zero-order chi connectivity index (χ0) is 14.5. The van der Waals surface area contributed by atoms with Gasteiger partial charge in [-0.15, -0.1) is 0 Å². The highest BCUT2D eigenvalue weighted by atomic mass is 16.6. The second kappa shape index (κ2) is 5.96. The average Bonchev–Trinajstić information content (AvgIpc) is 2.45. The molecular weight excluding hydrogens is 262 g/mol. The number of nitro benzene ring substituents is 1. The molecule has 0 atom stereocenters. The maximum Gasteiger partial charge on any atom is 0.276 e. The molecule has 0 aromatic heterocycles. The van der Waals surface area contributed by atoms with Crippen LogP contribution in [0, 0.1) is 10.1 Å². The molecule has 7 nitrogen and oxygen atoms in total. The highest BCUT2D eigenvalue weighted by molar-refractivity contribution is 5.95. The summed E-state index contributed by atoms with van der Waals surface area (Å²) in [4.78, 5) is 34.8. The summed E-state index contributed by atoms with van der Waals surface area (Å²) in [6.07, 6.45) is 2.65. The Morgan fingerprint density at radius 2 is 2.15 bits per heavy atom. The first-order chi connectivity index (χ1) is 9.58. The SMILES string of the molecule is O=C1CN(C(=O)C=Cc2ccccc2[N+](=O)[O-])CCN1. The highest BCUT2D eigenvalue weighted by Crippen LogP contribution is 2.19. The minimum Gasteiger partial charge on any atom is -0.353 e. The van der Waals surface area contributed by atoms with Gasteiger partial charge in [0.05, 0.1) is 17.0 Å². The first kappa shape index (κ1) is 13.7. The minimum absolute atomic E-state index is 0.0139. The van der Waals surface area contributed by atoms with Gasteiger partial charge in [-0.25, -0.2) is 0 Å². The summed E-state index contributed by atoms with van der Waals surface area (Å²) in [5, 5.41) is 13.5. The molecule has 0 radical (unpaired) electrons. The number of piperazine rings is 1. The highest BCUT2D eigenvalue weighted by Gasteiger charge is 2.19. The molecule has 2 amide bonds. The normalized spacial score (nSPS) is 15.2. The Kier molecular flexibility index (Phi) is 4.09. The lowest BCUT2D eigenvalue weighted by Crippen LogP contribution is -2.49. The van der Waals surface area contributed by atoms with Gasteiger partial charge in [-0.3, -0.25) is 19.7 Å². The predicted molar refractivity (Wildman–Crippen MR) is 71.7 cm³/mol. The molecule has 0 unspecified atom stereocenters. The first-order valence-electron chi connectivity index (χ1n) is 6.05. The van der Waals surface area contributed by atoms with Crippen LogP contribution in [-0.2, 0) is 9.59 Å². The van der Waals surface area contributed by atoms with E-state index in [1.54, 1.807) is 18.2 Å². The summed E-state index contributed by atoms with van der Waals surface area (Å²) in [5.41, 5.74) is 0.292. The maximum absolute atomic E-state index is 11.9. The van der Waals surface area contributed by atoms with Crippen molar-refractivity contribution in [2.75, 3.05) is 19.6 Å². The van der Waals surface area contributed by atoms with E-state index in [1.807, 2.05) is 0 Å². The molecule has 0 spiro atoms. The maximum atomic E-state index is 11.9. The Morgan fingerprint density at radius 1 is 1.40 bits per heavy atom. The van der Waals surface area contributed by atoms with Crippen molar-refractivity contribution < 1.29 is 14.5 Å². The molecule has 1 aromatic carbocycles. The summed E-state index contributed by atoms with van der Waals surface area (Å²) in [6.45, 7) is 0.871. The van der Waals surface area contributed by atoms with Gasteiger partial charge in [0.2, 0.25) is 11.8 Å². The van der Waals surface area contributed by atoms with Crippen molar-refractivity contribution in [1.82, 2.24) is 10.2 Å². The smallest absolute Gasteiger partial charge is 0.276 e. The van der Waals surface area contributed by atoms with Crippen LogP contribution in [0.5, 0.6) is 0 Å². The number of rotatable bonds is 3. The molecule has 20 heavy (non-hydrogen) atoms. The van der Waals surface area contributed by atoms with E-state index in [1.165, 1.54) is 23.1 Å². The van der Waals surface area contributed by atoms with Crippen LogP contribution < -0.4 is 5.32 Å². The van der Waals surface area contributed by atoms with E-state index in [0.29, 0.717) is 18.7 Å². The number of nitrogens with zero attached hydrogens (tertiary/aromatic N) is 2. The Bertz CT molecular complexity index is 583. The van der Waals surface area contributed by atoms with E-state index in [0.717, 1.165) is 0 Å². The van der Waals surface area contributed by atoms with Gasteiger partial charge < -0.3 is 10.2 Å². The molecule has 1 N–H and O–H groups in total. The molecule has 2 rings (SSSR count). The van der Waals surface area contributed by atoms with Gasteiger partial charge in [-0.2, -0.15) is 0 Å². The first-order valence-corrected chi connectivity index (χ1v) is 6.05. The number of benzene rings is 1. The molecule has 7 heteroatoms. The molecule has 1 aliphatic rings. The van der Waals surface area contributed by atoms with Crippen LogP contribution in [0.2, 0.25) is 0 Å². The number of carbonyl (C=O) groups is 2. The van der Waals surface area contributed by atoms with Crippen LogP contribution in [0.25, 0.3) is 6.08 Å². The van der Waals surface area contributed by atoms with Gasteiger partial charge in [0.15, 0.2) is 0 Å². The molecule has 0 saturated carbocycles. The standard InChI is InChI=1S/C13H13N3O4/c17-12-9-15(8-7-14-12)13(18)6-5-10-3-1-2-4-11(10)16(19)20/h1-6H,7-9H2,(H,14,17). The number of para-hydroxylation sites is 1. The minimum atomic E-state index is -0.501.